The average Bonchev–Trinajstić information content (AvgIpc) is 2.58. The molecule has 0 aliphatic carbocycles. The van der Waals surface area contributed by atoms with E-state index in [0.29, 0.717) is 29.9 Å². The number of aromatic nitrogens is 1. The van der Waals surface area contributed by atoms with Crippen LogP contribution in [0.2, 0.25) is 0 Å². The number of rotatable bonds is 5. The molecule has 1 heterocycles. The minimum Gasteiger partial charge on any atom is -0.342 e. The summed E-state index contributed by atoms with van der Waals surface area (Å²) in [5.41, 5.74) is 0.963. The van der Waals surface area contributed by atoms with Crippen LogP contribution in [0.4, 0.5) is 0 Å². The van der Waals surface area contributed by atoms with Crippen LogP contribution in [-0.4, -0.2) is 28.9 Å². The summed E-state index contributed by atoms with van der Waals surface area (Å²) >= 11 is 6.47. The molecule has 0 radical (unpaired) electrons. The van der Waals surface area contributed by atoms with E-state index < -0.39 is 0 Å². The second kappa shape index (κ2) is 6.52. The van der Waals surface area contributed by atoms with Crippen molar-refractivity contribution in [1.29, 1.82) is 5.26 Å². The molecule has 0 saturated carbocycles. The van der Waals surface area contributed by atoms with Crippen molar-refractivity contribution in [3.63, 3.8) is 0 Å². The van der Waals surface area contributed by atoms with Crippen molar-refractivity contribution in [2.75, 3.05) is 13.1 Å². The maximum atomic E-state index is 12.0. The van der Waals surface area contributed by atoms with Crippen LogP contribution in [0.15, 0.2) is 0 Å². The molecule has 1 aromatic heterocycles. The molecule has 0 unspecified atom stereocenters. The van der Waals surface area contributed by atoms with E-state index in [2.05, 4.69) is 11.1 Å². The Morgan fingerprint density at radius 3 is 2.82 bits per heavy atom. The lowest BCUT2D eigenvalue weighted by Crippen LogP contribution is -2.32. The zero-order valence-electron chi connectivity index (χ0n) is 9.95. The molecule has 0 fully saturated rings. The molecular weight excluding hydrogens is 254 g/mol. The van der Waals surface area contributed by atoms with Crippen molar-refractivity contribution in [2.24, 2.45) is 0 Å². The lowest BCUT2D eigenvalue weighted by atomic mass is 10.2. The lowest BCUT2D eigenvalue weighted by molar-refractivity contribution is -0.130. The number of carbonyl (C=O) groups is 1. The first-order valence-corrected chi connectivity index (χ1v) is 6.64. The fourth-order valence-corrected chi connectivity index (χ4v) is 2.78. The third-order valence-electron chi connectivity index (χ3n) is 2.46. The van der Waals surface area contributed by atoms with Gasteiger partial charge in [-0.2, -0.15) is 5.26 Å². The Kier molecular flexibility index (Phi) is 5.32. The van der Waals surface area contributed by atoms with Crippen LogP contribution in [-0.2, 0) is 11.2 Å². The van der Waals surface area contributed by atoms with Gasteiger partial charge in [0.05, 0.1) is 18.9 Å². The molecule has 1 rings (SSSR count). The third-order valence-corrected chi connectivity index (χ3v) is 3.80. The summed E-state index contributed by atoms with van der Waals surface area (Å²) in [5, 5.41) is 8.52. The first kappa shape index (κ1) is 13.9. The van der Waals surface area contributed by atoms with Crippen molar-refractivity contribution in [1.82, 2.24) is 9.88 Å². The number of thiazole rings is 1. The SMILES string of the molecule is CCN(CCC#N)C(=O)Cc1sc(=S)[nH]c1C. The highest BCUT2D eigenvalue weighted by Gasteiger charge is 2.14. The number of nitrogens with one attached hydrogen (secondary N) is 1. The summed E-state index contributed by atoms with van der Waals surface area (Å²) in [5.74, 6) is 0.0519. The number of aromatic amines is 1. The second-order valence-electron chi connectivity index (χ2n) is 3.62. The number of amides is 1. The fourth-order valence-electron chi connectivity index (χ4n) is 1.50. The van der Waals surface area contributed by atoms with E-state index in [1.807, 2.05) is 13.8 Å². The number of carbonyl (C=O) groups excluding carboxylic acids is 1. The van der Waals surface area contributed by atoms with Gasteiger partial charge in [-0.15, -0.1) is 11.3 Å². The minimum absolute atomic E-state index is 0.0519. The van der Waals surface area contributed by atoms with Crippen LogP contribution in [0, 0.1) is 22.2 Å². The van der Waals surface area contributed by atoms with Gasteiger partial charge in [-0.1, -0.05) is 0 Å². The van der Waals surface area contributed by atoms with Gasteiger partial charge in [-0.25, -0.2) is 0 Å². The predicted molar refractivity (Wildman–Crippen MR) is 70.4 cm³/mol. The molecule has 1 aromatic rings. The largest absolute Gasteiger partial charge is 0.342 e. The van der Waals surface area contributed by atoms with Gasteiger partial charge >= 0.3 is 0 Å². The van der Waals surface area contributed by atoms with Crippen molar-refractivity contribution >= 4 is 29.5 Å². The summed E-state index contributed by atoms with van der Waals surface area (Å²) < 4.78 is 0.699. The number of hydrogen-bond donors (Lipinski definition) is 1. The summed E-state index contributed by atoms with van der Waals surface area (Å²) in [6.45, 7) is 4.97. The van der Waals surface area contributed by atoms with E-state index in [1.54, 1.807) is 4.90 Å². The zero-order valence-corrected chi connectivity index (χ0v) is 11.6. The number of nitriles is 1. The van der Waals surface area contributed by atoms with E-state index in [1.165, 1.54) is 11.3 Å². The lowest BCUT2D eigenvalue weighted by Gasteiger charge is -2.19. The summed E-state index contributed by atoms with van der Waals surface area (Å²) in [7, 11) is 0. The molecule has 1 amide bonds. The van der Waals surface area contributed by atoms with Crippen LogP contribution in [0.5, 0.6) is 0 Å². The first-order valence-electron chi connectivity index (χ1n) is 5.41. The van der Waals surface area contributed by atoms with E-state index >= 15 is 0 Å². The Morgan fingerprint density at radius 2 is 2.35 bits per heavy atom. The quantitative estimate of drug-likeness (QED) is 0.835. The van der Waals surface area contributed by atoms with Gasteiger partial charge in [0.1, 0.15) is 0 Å². The Hall–Kier alpha value is -1.19. The molecule has 0 atom stereocenters. The highest BCUT2D eigenvalue weighted by atomic mass is 32.1. The topological polar surface area (TPSA) is 59.9 Å². The summed E-state index contributed by atoms with van der Waals surface area (Å²) in [6.07, 6.45) is 0.740. The maximum Gasteiger partial charge on any atom is 0.227 e. The predicted octanol–water partition coefficient (Wildman–Crippen LogP) is 2.42. The standard InChI is InChI=1S/C11H15N3OS2/c1-3-14(6-4-5-12)10(15)7-9-8(2)13-11(16)17-9/h3-4,6-7H2,1-2H3,(H,13,16). The van der Waals surface area contributed by atoms with Gasteiger partial charge in [-0.3, -0.25) is 4.79 Å². The Morgan fingerprint density at radius 1 is 1.65 bits per heavy atom. The number of nitrogens with zero attached hydrogens (tertiary/aromatic N) is 2. The Balaban J connectivity index is 2.67. The first-order chi connectivity index (χ1) is 8.08. The molecule has 1 N–H and O–H groups in total. The van der Waals surface area contributed by atoms with Gasteiger partial charge < -0.3 is 9.88 Å². The molecule has 0 saturated heterocycles. The summed E-state index contributed by atoms with van der Waals surface area (Å²) in [4.78, 5) is 17.7. The van der Waals surface area contributed by atoms with Crippen LogP contribution in [0.3, 0.4) is 0 Å². The van der Waals surface area contributed by atoms with Gasteiger partial charge in [-0.05, 0) is 26.1 Å². The van der Waals surface area contributed by atoms with Crippen molar-refractivity contribution in [3.05, 3.63) is 14.5 Å². The molecule has 4 nitrogen and oxygen atoms in total. The molecule has 92 valence electrons. The smallest absolute Gasteiger partial charge is 0.227 e. The molecule has 17 heavy (non-hydrogen) atoms. The van der Waals surface area contributed by atoms with Gasteiger partial charge in [0.2, 0.25) is 5.91 Å². The van der Waals surface area contributed by atoms with Crippen molar-refractivity contribution < 1.29 is 4.79 Å². The molecule has 0 aliphatic rings. The zero-order chi connectivity index (χ0) is 12.8. The Bertz CT molecular complexity index is 484. The summed E-state index contributed by atoms with van der Waals surface area (Å²) in [6, 6.07) is 2.05. The monoisotopic (exact) mass is 269 g/mol. The van der Waals surface area contributed by atoms with Crippen LogP contribution < -0.4 is 0 Å². The Labute approximate surface area is 110 Å². The average molecular weight is 269 g/mol. The van der Waals surface area contributed by atoms with Crippen LogP contribution >= 0.6 is 23.6 Å². The highest BCUT2D eigenvalue weighted by molar-refractivity contribution is 7.73. The fraction of sp³-hybridized carbons (Fsp3) is 0.545. The third kappa shape index (κ3) is 3.95. The highest BCUT2D eigenvalue weighted by Crippen LogP contribution is 2.16. The number of hydrogen-bond acceptors (Lipinski definition) is 4. The van der Waals surface area contributed by atoms with Gasteiger partial charge in [0, 0.05) is 23.7 Å². The molecule has 0 aliphatic heterocycles. The van der Waals surface area contributed by atoms with Crippen LogP contribution in [0.25, 0.3) is 0 Å². The number of aryl methyl sites for hydroxylation is 1. The number of H-pyrrole nitrogens is 1. The van der Waals surface area contributed by atoms with E-state index in [9.17, 15) is 4.79 Å². The van der Waals surface area contributed by atoms with E-state index in [0.717, 1.165) is 10.6 Å². The molecule has 6 heteroatoms. The molecular formula is C11H15N3OS2. The molecule has 0 aromatic carbocycles. The van der Waals surface area contributed by atoms with Crippen molar-refractivity contribution in [2.45, 2.75) is 26.7 Å². The van der Waals surface area contributed by atoms with Gasteiger partial charge in [0.25, 0.3) is 0 Å². The minimum atomic E-state index is 0.0519. The second-order valence-corrected chi connectivity index (χ2v) is 5.39. The van der Waals surface area contributed by atoms with E-state index in [4.69, 9.17) is 17.5 Å². The molecule has 0 bridgehead atoms. The van der Waals surface area contributed by atoms with E-state index in [-0.39, 0.29) is 5.91 Å². The normalized spacial score (nSPS) is 9.94. The number of likely N-dealkylation sites (N-methyl/N-ethyl adjacent to an activating group) is 1. The van der Waals surface area contributed by atoms with Crippen LogP contribution in [0.1, 0.15) is 23.9 Å². The molecule has 0 spiro atoms. The van der Waals surface area contributed by atoms with Crippen molar-refractivity contribution in [3.8, 4) is 6.07 Å². The van der Waals surface area contributed by atoms with Gasteiger partial charge in [0.15, 0.2) is 3.95 Å². The maximum absolute atomic E-state index is 12.0.